The monoisotopic (exact) mass is 378 g/mol. The quantitative estimate of drug-likeness (QED) is 0.694. The first-order chi connectivity index (χ1) is 13.6. The first-order valence-corrected chi connectivity index (χ1v) is 9.51. The van der Waals surface area contributed by atoms with Crippen LogP contribution in [0.5, 0.6) is 5.75 Å². The first kappa shape index (κ1) is 19.7. The van der Waals surface area contributed by atoms with E-state index in [1.807, 2.05) is 42.5 Å². The minimum atomic E-state index is -0.0800. The number of piperazine rings is 1. The van der Waals surface area contributed by atoms with Gasteiger partial charge in [-0.3, -0.25) is 9.59 Å². The minimum absolute atomic E-state index is 0.000488. The molecule has 0 unspecified atom stereocenters. The van der Waals surface area contributed by atoms with Crippen LogP contribution in [0.15, 0.2) is 67.3 Å². The topological polar surface area (TPSA) is 49.9 Å². The van der Waals surface area contributed by atoms with E-state index in [4.69, 9.17) is 4.74 Å². The Bertz CT molecular complexity index is 835. The molecule has 1 aliphatic heterocycles. The SMILES string of the molecule is C=CCCC(=O)N1CC(=O)N(c2cccc(OC)c2)C[C@@H]1Cc1ccccc1. The average molecular weight is 378 g/mol. The second-order valence-electron chi connectivity index (χ2n) is 6.90. The van der Waals surface area contributed by atoms with Crippen molar-refractivity contribution in [2.75, 3.05) is 25.1 Å². The van der Waals surface area contributed by atoms with Gasteiger partial charge in [-0.1, -0.05) is 42.5 Å². The number of benzene rings is 2. The van der Waals surface area contributed by atoms with E-state index in [0.29, 0.717) is 31.6 Å². The van der Waals surface area contributed by atoms with Gasteiger partial charge >= 0.3 is 0 Å². The number of methoxy groups -OCH3 is 1. The Kier molecular flexibility index (Phi) is 6.48. The fourth-order valence-corrected chi connectivity index (χ4v) is 3.52. The van der Waals surface area contributed by atoms with Crippen molar-refractivity contribution in [1.82, 2.24) is 4.90 Å². The van der Waals surface area contributed by atoms with Gasteiger partial charge in [-0.2, -0.15) is 0 Å². The van der Waals surface area contributed by atoms with E-state index in [0.717, 1.165) is 11.3 Å². The van der Waals surface area contributed by atoms with Crippen LogP contribution >= 0.6 is 0 Å². The molecule has 2 amide bonds. The number of hydrogen-bond donors (Lipinski definition) is 0. The molecule has 1 atom stereocenters. The number of rotatable bonds is 7. The Morgan fingerprint density at radius 3 is 2.71 bits per heavy atom. The molecule has 0 aromatic heterocycles. The lowest BCUT2D eigenvalue weighted by Crippen LogP contribution is -2.58. The molecule has 1 heterocycles. The predicted octanol–water partition coefficient (Wildman–Crippen LogP) is 3.45. The van der Waals surface area contributed by atoms with E-state index in [9.17, 15) is 9.59 Å². The summed E-state index contributed by atoms with van der Waals surface area (Å²) in [5.74, 6) is 0.624. The van der Waals surface area contributed by atoms with Crippen LogP contribution in [-0.4, -0.2) is 43.0 Å². The molecule has 28 heavy (non-hydrogen) atoms. The zero-order valence-electron chi connectivity index (χ0n) is 16.2. The van der Waals surface area contributed by atoms with Gasteiger partial charge in [-0.25, -0.2) is 0 Å². The van der Waals surface area contributed by atoms with Crippen LogP contribution < -0.4 is 9.64 Å². The molecule has 1 fully saturated rings. The standard InChI is InChI=1S/C23H26N2O3/c1-3-4-13-22(26)25-17-23(27)24(19-11-8-12-21(15-19)28-2)16-20(25)14-18-9-6-5-7-10-18/h3,5-12,15,20H,1,4,13-14,16-17H2,2H3/t20-/m0/s1. The molecular formula is C23H26N2O3. The molecule has 5 nitrogen and oxygen atoms in total. The summed E-state index contributed by atoms with van der Waals surface area (Å²) in [5.41, 5.74) is 1.94. The maximum atomic E-state index is 12.9. The fourth-order valence-electron chi connectivity index (χ4n) is 3.52. The summed E-state index contributed by atoms with van der Waals surface area (Å²) in [5, 5.41) is 0. The first-order valence-electron chi connectivity index (χ1n) is 9.51. The molecule has 0 spiro atoms. The summed E-state index contributed by atoms with van der Waals surface area (Å²) in [6.45, 7) is 4.24. The van der Waals surface area contributed by atoms with E-state index >= 15 is 0 Å². The van der Waals surface area contributed by atoms with Crippen LogP contribution in [0.4, 0.5) is 5.69 Å². The van der Waals surface area contributed by atoms with Crippen molar-refractivity contribution >= 4 is 17.5 Å². The second-order valence-corrected chi connectivity index (χ2v) is 6.90. The fraction of sp³-hybridized carbons (Fsp3) is 0.304. The number of carbonyl (C=O) groups excluding carboxylic acids is 2. The van der Waals surface area contributed by atoms with Gasteiger partial charge in [-0.15, -0.1) is 6.58 Å². The Morgan fingerprint density at radius 1 is 1.21 bits per heavy atom. The van der Waals surface area contributed by atoms with Crippen LogP contribution in [0.25, 0.3) is 0 Å². The van der Waals surface area contributed by atoms with E-state index in [1.165, 1.54) is 0 Å². The highest BCUT2D eigenvalue weighted by Gasteiger charge is 2.35. The smallest absolute Gasteiger partial charge is 0.246 e. The van der Waals surface area contributed by atoms with Gasteiger partial charge in [-0.05, 0) is 30.5 Å². The van der Waals surface area contributed by atoms with Crippen molar-refractivity contribution in [3.05, 3.63) is 72.8 Å². The van der Waals surface area contributed by atoms with Crippen LogP contribution in [-0.2, 0) is 16.0 Å². The van der Waals surface area contributed by atoms with Gasteiger partial charge < -0.3 is 14.5 Å². The summed E-state index contributed by atoms with van der Waals surface area (Å²) in [6, 6.07) is 17.5. The average Bonchev–Trinajstić information content (AvgIpc) is 2.73. The normalized spacial score (nSPS) is 16.8. The summed E-state index contributed by atoms with van der Waals surface area (Å²) in [7, 11) is 1.61. The summed E-state index contributed by atoms with van der Waals surface area (Å²) in [6.07, 6.45) is 3.43. The molecule has 5 heteroatoms. The maximum absolute atomic E-state index is 12.9. The van der Waals surface area contributed by atoms with Crippen molar-refractivity contribution < 1.29 is 14.3 Å². The third kappa shape index (κ3) is 4.60. The van der Waals surface area contributed by atoms with E-state index < -0.39 is 0 Å². The maximum Gasteiger partial charge on any atom is 0.246 e. The van der Waals surface area contributed by atoms with Crippen LogP contribution in [0.2, 0.25) is 0 Å². The largest absolute Gasteiger partial charge is 0.497 e. The predicted molar refractivity (Wildman–Crippen MR) is 110 cm³/mol. The van der Waals surface area contributed by atoms with E-state index in [1.54, 1.807) is 23.0 Å². The second kappa shape index (κ2) is 9.22. The van der Waals surface area contributed by atoms with Gasteiger partial charge in [0.2, 0.25) is 11.8 Å². The van der Waals surface area contributed by atoms with Gasteiger partial charge in [0, 0.05) is 24.7 Å². The Hall–Kier alpha value is -3.08. The highest BCUT2D eigenvalue weighted by atomic mass is 16.5. The number of allylic oxidation sites excluding steroid dienone is 1. The lowest BCUT2D eigenvalue weighted by Gasteiger charge is -2.41. The Labute approximate surface area is 166 Å². The third-order valence-electron chi connectivity index (χ3n) is 5.00. The zero-order chi connectivity index (χ0) is 19.9. The number of ether oxygens (including phenoxy) is 1. The number of hydrogen-bond acceptors (Lipinski definition) is 3. The Balaban J connectivity index is 1.85. The summed E-state index contributed by atoms with van der Waals surface area (Å²) >= 11 is 0. The lowest BCUT2D eigenvalue weighted by molar-refractivity contribution is -0.139. The van der Waals surface area contributed by atoms with E-state index in [-0.39, 0.29) is 24.4 Å². The summed E-state index contributed by atoms with van der Waals surface area (Å²) in [4.78, 5) is 29.1. The number of nitrogens with zero attached hydrogens (tertiary/aromatic N) is 2. The lowest BCUT2D eigenvalue weighted by atomic mass is 10.0. The molecular weight excluding hydrogens is 352 g/mol. The van der Waals surface area contributed by atoms with Crippen molar-refractivity contribution in [3.8, 4) is 5.75 Å². The highest BCUT2D eigenvalue weighted by molar-refractivity contribution is 5.98. The molecule has 2 aromatic rings. The van der Waals surface area contributed by atoms with Crippen LogP contribution in [0.3, 0.4) is 0 Å². The van der Waals surface area contributed by atoms with Crippen molar-refractivity contribution in [2.45, 2.75) is 25.3 Å². The molecule has 2 aromatic carbocycles. The molecule has 0 saturated carbocycles. The van der Waals surface area contributed by atoms with Gasteiger partial charge in [0.05, 0.1) is 13.2 Å². The van der Waals surface area contributed by atoms with Crippen LogP contribution in [0, 0.1) is 0 Å². The van der Waals surface area contributed by atoms with Crippen molar-refractivity contribution in [1.29, 1.82) is 0 Å². The van der Waals surface area contributed by atoms with Gasteiger partial charge in [0.15, 0.2) is 0 Å². The molecule has 3 rings (SSSR count). The highest BCUT2D eigenvalue weighted by Crippen LogP contribution is 2.26. The van der Waals surface area contributed by atoms with Gasteiger partial charge in [0.25, 0.3) is 0 Å². The number of amides is 2. The van der Waals surface area contributed by atoms with Gasteiger partial charge in [0.1, 0.15) is 12.3 Å². The Morgan fingerprint density at radius 2 is 2.00 bits per heavy atom. The van der Waals surface area contributed by atoms with Crippen molar-refractivity contribution in [2.24, 2.45) is 0 Å². The summed E-state index contributed by atoms with van der Waals surface area (Å²) < 4.78 is 5.30. The molecule has 1 aliphatic rings. The molecule has 0 aliphatic carbocycles. The van der Waals surface area contributed by atoms with Crippen molar-refractivity contribution in [3.63, 3.8) is 0 Å². The third-order valence-corrected chi connectivity index (χ3v) is 5.00. The molecule has 1 saturated heterocycles. The molecule has 0 bridgehead atoms. The van der Waals surface area contributed by atoms with E-state index in [2.05, 4.69) is 18.7 Å². The zero-order valence-corrected chi connectivity index (χ0v) is 16.2. The minimum Gasteiger partial charge on any atom is -0.497 e. The molecule has 146 valence electrons. The molecule has 0 N–H and O–H groups in total. The van der Waals surface area contributed by atoms with Crippen LogP contribution in [0.1, 0.15) is 18.4 Å². The number of anilines is 1. The number of carbonyl (C=O) groups is 2. The molecule has 0 radical (unpaired) electrons.